The smallest absolute Gasteiger partial charge is 0.321 e. The molecule has 2 N–H and O–H groups in total. The van der Waals surface area contributed by atoms with Gasteiger partial charge in [-0.2, -0.15) is 0 Å². The summed E-state index contributed by atoms with van der Waals surface area (Å²) in [5, 5.41) is 5.70. The first-order valence-corrected chi connectivity index (χ1v) is 7.22. The summed E-state index contributed by atoms with van der Waals surface area (Å²) in [7, 11) is 0. The number of carbonyl (C=O) groups excluding carboxylic acids is 2. The second-order valence-electron chi connectivity index (χ2n) is 5.65. The Labute approximate surface area is 122 Å². The molecule has 0 spiro atoms. The van der Waals surface area contributed by atoms with Gasteiger partial charge in [-0.3, -0.25) is 4.79 Å². The minimum atomic E-state index is -0.374. The van der Waals surface area contributed by atoms with Gasteiger partial charge >= 0.3 is 6.03 Å². The first kappa shape index (κ1) is 13.9. The first-order valence-electron chi connectivity index (χ1n) is 7.22. The topological polar surface area (TPSA) is 61.4 Å². The molecule has 6 heteroatoms. The average molecular weight is 291 g/mol. The first-order chi connectivity index (χ1) is 10.1. The third kappa shape index (κ3) is 3.15. The van der Waals surface area contributed by atoms with Crippen molar-refractivity contribution < 1.29 is 14.0 Å². The summed E-state index contributed by atoms with van der Waals surface area (Å²) in [5.74, 6) is 0.0464. The summed E-state index contributed by atoms with van der Waals surface area (Å²) in [6, 6.07) is 5.83. The molecule has 2 aliphatic rings. The van der Waals surface area contributed by atoms with Crippen molar-refractivity contribution in [3.05, 3.63) is 30.1 Å². The highest BCUT2D eigenvalue weighted by molar-refractivity contribution is 5.89. The maximum atomic E-state index is 13.1. The predicted octanol–water partition coefficient (Wildman–Crippen LogP) is 1.96. The molecule has 2 aliphatic heterocycles. The van der Waals surface area contributed by atoms with E-state index in [-0.39, 0.29) is 23.8 Å². The van der Waals surface area contributed by atoms with E-state index in [2.05, 4.69) is 10.6 Å². The Kier molecular flexibility index (Phi) is 3.77. The fraction of sp³-hybridized carbons (Fsp3) is 0.467. The van der Waals surface area contributed by atoms with Crippen molar-refractivity contribution in [2.45, 2.75) is 25.3 Å². The molecule has 0 bridgehead atoms. The Morgan fingerprint density at radius 2 is 2.24 bits per heavy atom. The van der Waals surface area contributed by atoms with E-state index in [1.54, 1.807) is 17.0 Å². The van der Waals surface area contributed by atoms with Gasteiger partial charge in [-0.05, 0) is 37.0 Å². The van der Waals surface area contributed by atoms with E-state index in [9.17, 15) is 14.0 Å². The van der Waals surface area contributed by atoms with Crippen LogP contribution in [-0.2, 0) is 4.79 Å². The molecule has 0 saturated carbocycles. The zero-order valence-electron chi connectivity index (χ0n) is 11.6. The Bertz CT molecular complexity index is 564. The number of piperidine rings is 2. The van der Waals surface area contributed by atoms with Crippen molar-refractivity contribution in [2.24, 2.45) is 5.92 Å². The number of likely N-dealkylation sites (tertiary alicyclic amines) is 1. The molecule has 2 fully saturated rings. The number of urea groups is 1. The number of fused-ring (bicyclic) bond motifs is 1. The molecular weight excluding hydrogens is 273 g/mol. The lowest BCUT2D eigenvalue weighted by molar-refractivity contribution is -0.125. The summed E-state index contributed by atoms with van der Waals surface area (Å²) in [4.78, 5) is 25.3. The Balaban J connectivity index is 1.60. The minimum absolute atomic E-state index is 0.105. The zero-order chi connectivity index (χ0) is 14.8. The molecule has 0 aromatic heterocycles. The molecule has 5 nitrogen and oxygen atoms in total. The Morgan fingerprint density at radius 3 is 3.05 bits per heavy atom. The highest BCUT2D eigenvalue weighted by Crippen LogP contribution is 2.25. The number of hydrogen-bond acceptors (Lipinski definition) is 2. The van der Waals surface area contributed by atoms with E-state index in [1.807, 2.05) is 0 Å². The Hall–Kier alpha value is -2.11. The van der Waals surface area contributed by atoms with Gasteiger partial charge in [-0.15, -0.1) is 0 Å². The van der Waals surface area contributed by atoms with E-state index in [1.165, 1.54) is 12.1 Å². The zero-order valence-corrected chi connectivity index (χ0v) is 11.6. The summed E-state index contributed by atoms with van der Waals surface area (Å²) >= 11 is 0. The van der Waals surface area contributed by atoms with Crippen LogP contribution in [0.15, 0.2) is 24.3 Å². The number of anilines is 1. The van der Waals surface area contributed by atoms with Crippen molar-refractivity contribution in [1.82, 2.24) is 10.2 Å². The molecule has 2 saturated heterocycles. The van der Waals surface area contributed by atoms with E-state index >= 15 is 0 Å². The van der Waals surface area contributed by atoms with Gasteiger partial charge in [0.05, 0.1) is 0 Å². The largest absolute Gasteiger partial charge is 0.353 e. The van der Waals surface area contributed by atoms with Gasteiger partial charge in [0.2, 0.25) is 5.91 Å². The minimum Gasteiger partial charge on any atom is -0.353 e. The molecular formula is C15H18FN3O2. The fourth-order valence-corrected chi connectivity index (χ4v) is 3.06. The van der Waals surface area contributed by atoms with Crippen molar-refractivity contribution in [1.29, 1.82) is 0 Å². The summed E-state index contributed by atoms with van der Waals surface area (Å²) in [6.45, 7) is 1.23. The molecule has 0 aliphatic carbocycles. The van der Waals surface area contributed by atoms with Crippen LogP contribution in [0.4, 0.5) is 14.9 Å². The fourth-order valence-electron chi connectivity index (χ4n) is 3.06. The standard InChI is InChI=1S/C15H18FN3O2/c16-11-2-1-3-12(8-11)17-15(21)19-7-6-13-10(9-19)4-5-14(20)18-13/h1-3,8,10,13H,4-7,9H2,(H,17,21)(H,18,20). The molecule has 3 amide bonds. The molecule has 2 unspecified atom stereocenters. The van der Waals surface area contributed by atoms with Crippen molar-refractivity contribution in [2.75, 3.05) is 18.4 Å². The van der Waals surface area contributed by atoms with Crippen LogP contribution in [0, 0.1) is 11.7 Å². The van der Waals surface area contributed by atoms with E-state index in [4.69, 9.17) is 0 Å². The number of benzene rings is 1. The second kappa shape index (κ2) is 5.71. The number of halogens is 1. The van der Waals surface area contributed by atoms with Crippen LogP contribution in [0.1, 0.15) is 19.3 Å². The summed E-state index contributed by atoms with van der Waals surface area (Å²) < 4.78 is 13.1. The van der Waals surface area contributed by atoms with Crippen LogP contribution in [-0.4, -0.2) is 36.0 Å². The quantitative estimate of drug-likeness (QED) is 0.831. The second-order valence-corrected chi connectivity index (χ2v) is 5.65. The lowest BCUT2D eigenvalue weighted by atomic mass is 9.85. The molecule has 3 rings (SSSR count). The molecule has 0 radical (unpaired) electrons. The van der Waals surface area contributed by atoms with Crippen molar-refractivity contribution in [3.8, 4) is 0 Å². The van der Waals surface area contributed by atoms with Crippen LogP contribution >= 0.6 is 0 Å². The monoisotopic (exact) mass is 291 g/mol. The molecule has 2 heterocycles. The number of amides is 3. The van der Waals surface area contributed by atoms with Crippen LogP contribution in [0.3, 0.4) is 0 Å². The van der Waals surface area contributed by atoms with Gasteiger partial charge < -0.3 is 15.5 Å². The third-order valence-corrected chi connectivity index (χ3v) is 4.19. The molecule has 1 aromatic rings. The normalized spacial score (nSPS) is 25.0. The summed E-state index contributed by atoms with van der Waals surface area (Å²) in [5.41, 5.74) is 0.457. The number of nitrogens with one attached hydrogen (secondary N) is 2. The van der Waals surface area contributed by atoms with Gasteiger partial charge in [0.1, 0.15) is 5.82 Å². The van der Waals surface area contributed by atoms with Gasteiger partial charge in [0, 0.05) is 31.2 Å². The Morgan fingerprint density at radius 1 is 1.38 bits per heavy atom. The van der Waals surface area contributed by atoms with Crippen molar-refractivity contribution >= 4 is 17.6 Å². The van der Waals surface area contributed by atoms with E-state index < -0.39 is 0 Å². The molecule has 2 atom stereocenters. The molecule has 112 valence electrons. The number of rotatable bonds is 1. The molecule has 21 heavy (non-hydrogen) atoms. The van der Waals surface area contributed by atoms with Crippen LogP contribution < -0.4 is 10.6 Å². The summed E-state index contributed by atoms with van der Waals surface area (Å²) in [6.07, 6.45) is 2.12. The van der Waals surface area contributed by atoms with Crippen LogP contribution in [0.2, 0.25) is 0 Å². The third-order valence-electron chi connectivity index (χ3n) is 4.19. The lowest BCUT2D eigenvalue weighted by Gasteiger charge is -2.41. The number of hydrogen-bond donors (Lipinski definition) is 2. The maximum Gasteiger partial charge on any atom is 0.321 e. The SMILES string of the molecule is O=C1CCC2CN(C(=O)Nc3cccc(F)c3)CCC2N1. The van der Waals surface area contributed by atoms with Gasteiger partial charge in [0.25, 0.3) is 0 Å². The van der Waals surface area contributed by atoms with E-state index in [0.717, 1.165) is 12.8 Å². The lowest BCUT2D eigenvalue weighted by Crippen LogP contribution is -2.55. The highest BCUT2D eigenvalue weighted by atomic mass is 19.1. The van der Waals surface area contributed by atoms with Crippen LogP contribution in [0.25, 0.3) is 0 Å². The van der Waals surface area contributed by atoms with Crippen LogP contribution in [0.5, 0.6) is 0 Å². The number of carbonyl (C=O) groups is 2. The average Bonchev–Trinajstić information content (AvgIpc) is 2.46. The van der Waals surface area contributed by atoms with Crippen molar-refractivity contribution in [3.63, 3.8) is 0 Å². The van der Waals surface area contributed by atoms with Gasteiger partial charge in [-0.1, -0.05) is 6.07 Å². The maximum absolute atomic E-state index is 13.1. The predicted molar refractivity (Wildman–Crippen MR) is 76.3 cm³/mol. The van der Waals surface area contributed by atoms with Gasteiger partial charge in [0.15, 0.2) is 0 Å². The highest BCUT2D eigenvalue weighted by Gasteiger charge is 2.35. The number of nitrogens with zero attached hydrogens (tertiary/aromatic N) is 1. The molecule has 1 aromatic carbocycles. The van der Waals surface area contributed by atoms with E-state index in [0.29, 0.717) is 31.1 Å². The van der Waals surface area contributed by atoms with Gasteiger partial charge in [-0.25, -0.2) is 9.18 Å².